The summed E-state index contributed by atoms with van der Waals surface area (Å²) >= 11 is 6.02. The molecule has 0 saturated carbocycles. The first kappa shape index (κ1) is 22.1. The monoisotopic (exact) mass is 467 g/mol. The number of carbonyl (C=O) groups is 1. The van der Waals surface area contributed by atoms with Crippen LogP contribution >= 0.6 is 11.6 Å². The average molecular weight is 468 g/mol. The van der Waals surface area contributed by atoms with E-state index in [4.69, 9.17) is 16.7 Å². The third-order valence-corrected chi connectivity index (χ3v) is 6.97. The first-order valence-corrected chi connectivity index (χ1v) is 12.3. The zero-order valence-corrected chi connectivity index (χ0v) is 19.5. The first-order valence-electron chi connectivity index (χ1n) is 11.9. The first-order chi connectivity index (χ1) is 16.2. The lowest BCUT2D eigenvalue weighted by Gasteiger charge is -2.32. The summed E-state index contributed by atoms with van der Waals surface area (Å²) in [5, 5.41) is 17.2. The van der Waals surface area contributed by atoms with Gasteiger partial charge in [0.15, 0.2) is 11.5 Å². The molecular weight excluding hydrogens is 438 g/mol. The minimum absolute atomic E-state index is 0.0749. The molecule has 174 valence electrons. The molecule has 8 nitrogen and oxygen atoms in total. The van der Waals surface area contributed by atoms with E-state index in [9.17, 15) is 4.79 Å². The summed E-state index contributed by atoms with van der Waals surface area (Å²) in [7, 11) is 0. The normalized spacial score (nSPS) is 18.0. The summed E-state index contributed by atoms with van der Waals surface area (Å²) in [5.41, 5.74) is 1.61. The molecule has 3 aromatic rings. The Hall–Kier alpha value is -2.71. The van der Waals surface area contributed by atoms with Crippen LogP contribution in [0.5, 0.6) is 0 Å². The van der Waals surface area contributed by atoms with Crippen molar-refractivity contribution in [2.45, 2.75) is 32.1 Å². The van der Waals surface area contributed by atoms with Crippen molar-refractivity contribution >= 4 is 29.0 Å². The highest BCUT2D eigenvalue weighted by molar-refractivity contribution is 6.30. The van der Waals surface area contributed by atoms with Crippen molar-refractivity contribution in [3.63, 3.8) is 0 Å². The molecule has 9 heteroatoms. The van der Waals surface area contributed by atoms with Crippen molar-refractivity contribution in [1.29, 1.82) is 0 Å². The molecular formula is C24H30ClN7O. The Labute approximate surface area is 198 Å². The van der Waals surface area contributed by atoms with Gasteiger partial charge in [0.05, 0.1) is 0 Å². The van der Waals surface area contributed by atoms with Gasteiger partial charge in [0.25, 0.3) is 0 Å². The molecule has 5 rings (SSSR count). The maximum Gasteiger partial charge on any atom is 0.223 e. The molecule has 1 aromatic carbocycles. The van der Waals surface area contributed by atoms with Crippen LogP contribution in [-0.2, 0) is 4.79 Å². The number of anilines is 1. The average Bonchev–Trinajstić information content (AvgIpc) is 3.28. The second kappa shape index (κ2) is 10.1. The number of amides is 1. The van der Waals surface area contributed by atoms with Gasteiger partial charge in [-0.3, -0.25) is 4.79 Å². The Balaban J connectivity index is 1.18. The van der Waals surface area contributed by atoms with Gasteiger partial charge in [0, 0.05) is 42.7 Å². The Kier molecular flexibility index (Phi) is 6.73. The van der Waals surface area contributed by atoms with E-state index in [1.165, 1.54) is 19.3 Å². The number of nitrogens with one attached hydrogen (secondary N) is 1. The SMILES string of the molecule is O=C(NCCN1CCCCC1)C1CCN(c2ccc3nnc(-c4ccc(Cl)cc4)n3n2)CC1. The number of rotatable bonds is 6. The van der Waals surface area contributed by atoms with Crippen molar-refractivity contribution in [2.75, 3.05) is 44.2 Å². The molecule has 0 radical (unpaired) electrons. The van der Waals surface area contributed by atoms with E-state index in [0.29, 0.717) is 16.5 Å². The van der Waals surface area contributed by atoms with Gasteiger partial charge in [0.2, 0.25) is 5.91 Å². The fraction of sp³-hybridized carbons (Fsp3) is 0.500. The fourth-order valence-corrected chi connectivity index (χ4v) is 4.89. The Morgan fingerprint density at radius 3 is 2.48 bits per heavy atom. The van der Waals surface area contributed by atoms with E-state index < -0.39 is 0 Å². The number of fused-ring (bicyclic) bond motifs is 1. The van der Waals surface area contributed by atoms with Crippen LogP contribution in [0.15, 0.2) is 36.4 Å². The van der Waals surface area contributed by atoms with Crippen molar-refractivity contribution < 1.29 is 4.79 Å². The van der Waals surface area contributed by atoms with Gasteiger partial charge >= 0.3 is 0 Å². The van der Waals surface area contributed by atoms with Gasteiger partial charge in [-0.05, 0) is 75.2 Å². The highest BCUT2D eigenvalue weighted by atomic mass is 35.5. The molecule has 2 saturated heterocycles. The molecule has 2 aromatic heterocycles. The summed E-state index contributed by atoms with van der Waals surface area (Å²) in [4.78, 5) is 17.3. The lowest BCUT2D eigenvalue weighted by Crippen LogP contribution is -2.43. The number of nitrogens with zero attached hydrogens (tertiary/aromatic N) is 6. The summed E-state index contributed by atoms with van der Waals surface area (Å²) in [5.74, 6) is 1.83. The summed E-state index contributed by atoms with van der Waals surface area (Å²) in [6.45, 7) is 5.65. The van der Waals surface area contributed by atoms with E-state index in [1.807, 2.05) is 36.4 Å². The zero-order valence-electron chi connectivity index (χ0n) is 18.8. The summed E-state index contributed by atoms with van der Waals surface area (Å²) in [6, 6.07) is 11.4. The molecule has 4 heterocycles. The molecule has 0 aliphatic carbocycles. The Morgan fingerprint density at radius 2 is 1.73 bits per heavy atom. The number of carbonyl (C=O) groups excluding carboxylic acids is 1. The van der Waals surface area contributed by atoms with Crippen molar-refractivity contribution in [2.24, 2.45) is 5.92 Å². The highest BCUT2D eigenvalue weighted by Gasteiger charge is 2.26. The topological polar surface area (TPSA) is 78.7 Å². The minimum atomic E-state index is 0.0749. The van der Waals surface area contributed by atoms with Crippen molar-refractivity contribution in [3.8, 4) is 11.4 Å². The van der Waals surface area contributed by atoms with E-state index >= 15 is 0 Å². The van der Waals surface area contributed by atoms with Gasteiger partial charge in [-0.15, -0.1) is 15.3 Å². The molecule has 0 atom stereocenters. The van der Waals surface area contributed by atoms with E-state index in [1.54, 1.807) is 4.52 Å². The predicted molar refractivity (Wildman–Crippen MR) is 129 cm³/mol. The van der Waals surface area contributed by atoms with Crippen molar-refractivity contribution in [3.05, 3.63) is 41.4 Å². The lowest BCUT2D eigenvalue weighted by molar-refractivity contribution is -0.125. The summed E-state index contributed by atoms with van der Waals surface area (Å²) in [6.07, 6.45) is 5.57. The van der Waals surface area contributed by atoms with Crippen LogP contribution in [0.2, 0.25) is 5.02 Å². The number of hydrogen-bond donors (Lipinski definition) is 1. The predicted octanol–water partition coefficient (Wildman–Crippen LogP) is 3.26. The molecule has 33 heavy (non-hydrogen) atoms. The second-order valence-electron chi connectivity index (χ2n) is 8.95. The number of hydrogen-bond acceptors (Lipinski definition) is 6. The molecule has 0 spiro atoms. The number of benzene rings is 1. The quantitative estimate of drug-likeness (QED) is 0.599. The Bertz CT molecular complexity index is 1090. The number of halogens is 1. The minimum Gasteiger partial charge on any atom is -0.355 e. The number of piperidine rings is 2. The number of likely N-dealkylation sites (tertiary alicyclic amines) is 1. The Morgan fingerprint density at radius 1 is 0.970 bits per heavy atom. The van der Waals surface area contributed by atoms with Gasteiger partial charge < -0.3 is 15.1 Å². The zero-order chi connectivity index (χ0) is 22.6. The highest BCUT2D eigenvalue weighted by Crippen LogP contribution is 2.24. The smallest absolute Gasteiger partial charge is 0.223 e. The maximum atomic E-state index is 12.7. The number of aromatic nitrogens is 4. The van der Waals surface area contributed by atoms with Crippen LogP contribution in [0.1, 0.15) is 32.1 Å². The van der Waals surface area contributed by atoms with Crippen LogP contribution in [-0.4, -0.2) is 69.9 Å². The van der Waals surface area contributed by atoms with Crippen molar-refractivity contribution in [1.82, 2.24) is 30.0 Å². The molecule has 1 N–H and O–H groups in total. The van der Waals surface area contributed by atoms with E-state index in [-0.39, 0.29) is 11.8 Å². The third-order valence-electron chi connectivity index (χ3n) is 6.72. The standard InChI is InChI=1S/C24H30ClN7O/c25-20-6-4-18(5-7-20)23-28-27-21-8-9-22(29-32(21)23)31-15-10-19(11-16-31)24(33)26-12-17-30-13-2-1-3-14-30/h4-9,19H,1-3,10-17H2,(H,26,33). The van der Waals surface area contributed by atoms with Crippen LogP contribution in [0.4, 0.5) is 5.82 Å². The molecule has 2 fully saturated rings. The van der Waals surface area contributed by atoms with Gasteiger partial charge in [-0.1, -0.05) is 18.0 Å². The fourth-order valence-electron chi connectivity index (χ4n) is 4.76. The molecule has 1 amide bonds. The maximum absolute atomic E-state index is 12.7. The van der Waals surface area contributed by atoms with Gasteiger partial charge in [0.1, 0.15) is 5.82 Å². The second-order valence-corrected chi connectivity index (χ2v) is 9.38. The molecule has 0 bridgehead atoms. The largest absolute Gasteiger partial charge is 0.355 e. The molecule has 2 aliphatic rings. The van der Waals surface area contributed by atoms with Gasteiger partial charge in [-0.25, -0.2) is 0 Å². The van der Waals surface area contributed by atoms with E-state index in [0.717, 1.165) is 63.5 Å². The lowest BCUT2D eigenvalue weighted by atomic mass is 9.96. The van der Waals surface area contributed by atoms with Crippen LogP contribution in [0, 0.1) is 5.92 Å². The van der Waals surface area contributed by atoms with Crippen LogP contribution in [0.3, 0.4) is 0 Å². The summed E-state index contributed by atoms with van der Waals surface area (Å²) < 4.78 is 1.78. The van der Waals surface area contributed by atoms with Gasteiger partial charge in [-0.2, -0.15) is 4.52 Å². The molecule has 2 aliphatic heterocycles. The van der Waals surface area contributed by atoms with Crippen LogP contribution < -0.4 is 10.2 Å². The van der Waals surface area contributed by atoms with E-state index in [2.05, 4.69) is 25.3 Å². The van der Waals surface area contributed by atoms with Crippen LogP contribution in [0.25, 0.3) is 17.0 Å². The molecule has 0 unspecified atom stereocenters. The third kappa shape index (κ3) is 5.12.